The van der Waals surface area contributed by atoms with Crippen molar-refractivity contribution in [3.63, 3.8) is 0 Å². The summed E-state index contributed by atoms with van der Waals surface area (Å²) in [5, 5.41) is 16.1. The van der Waals surface area contributed by atoms with Crippen molar-refractivity contribution in [2.24, 2.45) is 0 Å². The Kier molecular flexibility index (Phi) is 6.13. The van der Waals surface area contributed by atoms with Gasteiger partial charge in [0.1, 0.15) is 18.5 Å². The number of aliphatic hydroxyl groups excluding tert-OH is 1. The minimum Gasteiger partial charge on any atom is -0.489 e. The summed E-state index contributed by atoms with van der Waals surface area (Å²) in [5.41, 5.74) is 0. The van der Waals surface area contributed by atoms with Crippen LogP contribution in [0.3, 0.4) is 0 Å². The van der Waals surface area contributed by atoms with E-state index in [0.717, 1.165) is 6.54 Å². The van der Waals surface area contributed by atoms with Gasteiger partial charge in [-0.3, -0.25) is 0 Å². The zero-order chi connectivity index (χ0) is 14.4. The molecule has 108 valence electrons. The maximum atomic E-state index is 9.84. The second-order valence-corrected chi connectivity index (χ2v) is 6.13. The van der Waals surface area contributed by atoms with E-state index < -0.39 is 6.10 Å². The highest BCUT2D eigenvalue weighted by Crippen LogP contribution is 2.27. The fourth-order valence-corrected chi connectivity index (χ4v) is 2.62. The number of halogens is 2. The molecule has 0 bridgehead atoms. The molecule has 3 nitrogen and oxygen atoms in total. The number of ether oxygens (including phenoxy) is 1. The van der Waals surface area contributed by atoms with Gasteiger partial charge >= 0.3 is 0 Å². The summed E-state index contributed by atoms with van der Waals surface area (Å²) in [6.45, 7) is 1.36. The molecule has 0 saturated carbocycles. The predicted octanol–water partition coefficient (Wildman–Crippen LogP) is 3.58. The third-order valence-corrected chi connectivity index (χ3v) is 4.01. The lowest BCUT2D eigenvalue weighted by Gasteiger charge is -2.14. The van der Waals surface area contributed by atoms with E-state index in [1.165, 1.54) is 4.88 Å². The van der Waals surface area contributed by atoms with Crippen LogP contribution >= 0.6 is 34.5 Å². The first-order chi connectivity index (χ1) is 9.65. The number of hydrogen-bond donors (Lipinski definition) is 2. The van der Waals surface area contributed by atoms with E-state index in [1.807, 2.05) is 17.5 Å². The molecule has 0 aliphatic heterocycles. The van der Waals surface area contributed by atoms with Crippen LogP contribution in [-0.2, 0) is 6.54 Å². The van der Waals surface area contributed by atoms with E-state index in [1.54, 1.807) is 29.5 Å². The average Bonchev–Trinajstić information content (AvgIpc) is 2.93. The third-order valence-electron chi connectivity index (χ3n) is 2.58. The Hall–Kier alpha value is -0.780. The van der Waals surface area contributed by atoms with Crippen molar-refractivity contribution in [3.05, 3.63) is 50.6 Å². The number of aliphatic hydroxyl groups is 1. The third kappa shape index (κ3) is 4.96. The fraction of sp³-hybridized carbons (Fsp3) is 0.286. The van der Waals surface area contributed by atoms with Gasteiger partial charge in [0.15, 0.2) is 0 Å². The lowest BCUT2D eigenvalue weighted by atomic mass is 10.3. The molecule has 0 aliphatic rings. The molecule has 20 heavy (non-hydrogen) atoms. The van der Waals surface area contributed by atoms with Gasteiger partial charge in [-0.05, 0) is 23.6 Å². The molecule has 0 spiro atoms. The number of rotatable bonds is 7. The van der Waals surface area contributed by atoms with Gasteiger partial charge in [-0.2, -0.15) is 0 Å². The summed E-state index contributed by atoms with van der Waals surface area (Å²) in [7, 11) is 0. The molecular weight excluding hydrogens is 317 g/mol. The van der Waals surface area contributed by atoms with Crippen LogP contribution < -0.4 is 10.1 Å². The smallest absolute Gasteiger partial charge is 0.139 e. The highest BCUT2D eigenvalue weighted by molar-refractivity contribution is 7.09. The standard InChI is InChI=1S/C14H15Cl2NO2S/c15-10-3-4-13(16)14(6-10)19-9-11(18)7-17-8-12-2-1-5-20-12/h1-6,11,17-18H,7-9H2. The Labute approximate surface area is 132 Å². The lowest BCUT2D eigenvalue weighted by Crippen LogP contribution is -2.31. The molecule has 2 aromatic rings. The molecule has 0 amide bonds. The molecule has 1 aromatic carbocycles. The van der Waals surface area contributed by atoms with Crippen molar-refractivity contribution in [1.29, 1.82) is 0 Å². The molecule has 0 radical (unpaired) electrons. The van der Waals surface area contributed by atoms with Crippen LogP contribution in [0.1, 0.15) is 4.88 Å². The number of benzene rings is 1. The summed E-state index contributed by atoms with van der Waals surface area (Å²) < 4.78 is 5.46. The molecule has 1 aromatic heterocycles. The van der Waals surface area contributed by atoms with Crippen LogP contribution in [0.15, 0.2) is 35.7 Å². The first-order valence-electron chi connectivity index (χ1n) is 6.14. The number of nitrogens with one attached hydrogen (secondary N) is 1. The monoisotopic (exact) mass is 331 g/mol. The molecule has 0 aliphatic carbocycles. The van der Waals surface area contributed by atoms with Crippen molar-refractivity contribution in [1.82, 2.24) is 5.32 Å². The lowest BCUT2D eigenvalue weighted by molar-refractivity contribution is 0.106. The zero-order valence-corrected chi connectivity index (χ0v) is 13.0. The highest BCUT2D eigenvalue weighted by atomic mass is 35.5. The summed E-state index contributed by atoms with van der Waals surface area (Å²) >= 11 is 13.5. The van der Waals surface area contributed by atoms with E-state index in [0.29, 0.717) is 22.3 Å². The average molecular weight is 332 g/mol. The van der Waals surface area contributed by atoms with Gasteiger partial charge in [-0.1, -0.05) is 29.3 Å². The molecule has 1 atom stereocenters. The Morgan fingerprint density at radius 3 is 2.90 bits per heavy atom. The van der Waals surface area contributed by atoms with Gasteiger partial charge in [0, 0.05) is 29.1 Å². The Bertz CT molecular complexity index is 534. The van der Waals surface area contributed by atoms with E-state index in [-0.39, 0.29) is 6.61 Å². The second kappa shape index (κ2) is 7.86. The molecule has 0 saturated heterocycles. The summed E-state index contributed by atoms with van der Waals surface area (Å²) in [5.74, 6) is 0.483. The van der Waals surface area contributed by atoms with Crippen LogP contribution in [0.25, 0.3) is 0 Å². The first kappa shape index (κ1) is 15.6. The Balaban J connectivity index is 1.71. The molecule has 0 fully saturated rings. The first-order valence-corrected chi connectivity index (χ1v) is 7.77. The van der Waals surface area contributed by atoms with Crippen LogP contribution in [0, 0.1) is 0 Å². The maximum Gasteiger partial charge on any atom is 0.139 e. The fourth-order valence-electron chi connectivity index (χ4n) is 1.61. The van der Waals surface area contributed by atoms with Gasteiger partial charge < -0.3 is 15.2 Å². The van der Waals surface area contributed by atoms with Crippen molar-refractivity contribution < 1.29 is 9.84 Å². The Morgan fingerprint density at radius 2 is 2.15 bits per heavy atom. The van der Waals surface area contributed by atoms with Gasteiger partial charge in [0.25, 0.3) is 0 Å². The second-order valence-electron chi connectivity index (χ2n) is 4.25. The van der Waals surface area contributed by atoms with E-state index in [2.05, 4.69) is 5.32 Å². The molecule has 1 heterocycles. The van der Waals surface area contributed by atoms with E-state index in [9.17, 15) is 5.11 Å². The van der Waals surface area contributed by atoms with Crippen LogP contribution in [-0.4, -0.2) is 24.4 Å². The van der Waals surface area contributed by atoms with Crippen molar-refractivity contribution >= 4 is 34.5 Å². The Morgan fingerprint density at radius 1 is 1.30 bits per heavy atom. The molecule has 1 unspecified atom stereocenters. The van der Waals surface area contributed by atoms with Crippen LogP contribution in [0.4, 0.5) is 0 Å². The predicted molar refractivity (Wildman–Crippen MR) is 84.0 cm³/mol. The minimum absolute atomic E-state index is 0.164. The zero-order valence-electron chi connectivity index (χ0n) is 10.7. The topological polar surface area (TPSA) is 41.5 Å². The van der Waals surface area contributed by atoms with Crippen molar-refractivity contribution in [2.45, 2.75) is 12.6 Å². The van der Waals surface area contributed by atoms with Crippen molar-refractivity contribution in [3.8, 4) is 5.75 Å². The van der Waals surface area contributed by atoms with Gasteiger partial charge in [-0.15, -0.1) is 11.3 Å². The van der Waals surface area contributed by atoms with E-state index >= 15 is 0 Å². The SMILES string of the molecule is OC(CNCc1cccs1)COc1cc(Cl)ccc1Cl. The number of thiophene rings is 1. The normalized spacial score (nSPS) is 12.3. The molecule has 6 heteroatoms. The molecular formula is C14H15Cl2NO2S. The maximum absolute atomic E-state index is 9.84. The summed E-state index contributed by atoms with van der Waals surface area (Å²) in [6.07, 6.45) is -0.606. The van der Waals surface area contributed by atoms with Crippen LogP contribution in [0.2, 0.25) is 10.0 Å². The number of hydrogen-bond acceptors (Lipinski definition) is 4. The molecule has 2 rings (SSSR count). The van der Waals surface area contributed by atoms with Crippen LogP contribution in [0.5, 0.6) is 5.75 Å². The largest absolute Gasteiger partial charge is 0.489 e. The summed E-state index contributed by atoms with van der Waals surface area (Å²) in [6, 6.07) is 9.04. The van der Waals surface area contributed by atoms with Gasteiger partial charge in [-0.25, -0.2) is 0 Å². The summed E-state index contributed by atoms with van der Waals surface area (Å²) in [4.78, 5) is 1.23. The highest BCUT2D eigenvalue weighted by Gasteiger charge is 2.08. The van der Waals surface area contributed by atoms with Crippen molar-refractivity contribution in [2.75, 3.05) is 13.2 Å². The van der Waals surface area contributed by atoms with Gasteiger partial charge in [0.05, 0.1) is 5.02 Å². The van der Waals surface area contributed by atoms with Gasteiger partial charge in [0.2, 0.25) is 0 Å². The molecule has 2 N–H and O–H groups in total. The minimum atomic E-state index is -0.606. The van der Waals surface area contributed by atoms with E-state index in [4.69, 9.17) is 27.9 Å². The quantitative estimate of drug-likeness (QED) is 0.814.